The molecule has 165 valence electrons. The van der Waals surface area contributed by atoms with E-state index < -0.39 is 19.4 Å². The van der Waals surface area contributed by atoms with Gasteiger partial charge in [0.1, 0.15) is 0 Å². The van der Waals surface area contributed by atoms with Gasteiger partial charge in [0.15, 0.2) is 0 Å². The topological polar surface area (TPSA) is 0 Å². The molecule has 1 unspecified atom stereocenters. The molecular weight excluding hydrogens is 510 g/mol. The van der Waals surface area contributed by atoms with Crippen molar-refractivity contribution in [2.45, 2.75) is 56.5 Å². The summed E-state index contributed by atoms with van der Waals surface area (Å²) in [6, 6.07) is 22.5. The van der Waals surface area contributed by atoms with Gasteiger partial charge in [-0.2, -0.15) is 0 Å². The minimum absolute atomic E-state index is 0.252. The molecule has 32 heavy (non-hydrogen) atoms. The van der Waals surface area contributed by atoms with E-state index in [0.29, 0.717) is 11.8 Å². The van der Waals surface area contributed by atoms with Crippen LogP contribution >= 0.6 is 17.0 Å². The Morgan fingerprint density at radius 1 is 0.812 bits per heavy atom. The van der Waals surface area contributed by atoms with Crippen molar-refractivity contribution in [1.29, 1.82) is 0 Å². The molecule has 1 aliphatic rings. The van der Waals surface area contributed by atoms with Crippen molar-refractivity contribution in [3.63, 3.8) is 0 Å². The van der Waals surface area contributed by atoms with E-state index in [0.717, 1.165) is 6.42 Å². The van der Waals surface area contributed by atoms with Crippen molar-refractivity contribution in [1.82, 2.24) is 0 Å². The van der Waals surface area contributed by atoms with Crippen LogP contribution in [0.1, 0.15) is 78.8 Å². The molecule has 0 heterocycles. The van der Waals surface area contributed by atoms with E-state index >= 15 is 0 Å². The summed E-state index contributed by atoms with van der Waals surface area (Å²) in [4.78, 5) is 0. The van der Waals surface area contributed by atoms with Crippen LogP contribution in [0, 0.1) is 0 Å². The SMILES string of the molecule is CCC1=Cc2c(ccc(-c3ccccc3)c2-c2cc(C(C)C)cc(C(C)C)c2)[CH]1[Zr]([Cl])[Cl]. The van der Waals surface area contributed by atoms with Gasteiger partial charge in [0.2, 0.25) is 0 Å². The van der Waals surface area contributed by atoms with Gasteiger partial charge in [0.05, 0.1) is 0 Å². The third-order valence-electron chi connectivity index (χ3n) is 6.60. The second-order valence-corrected chi connectivity index (χ2v) is 18.2. The van der Waals surface area contributed by atoms with Crippen molar-refractivity contribution in [3.8, 4) is 22.3 Å². The van der Waals surface area contributed by atoms with Gasteiger partial charge in [-0.3, -0.25) is 0 Å². The molecule has 0 saturated carbocycles. The normalized spacial score (nSPS) is 15.3. The number of hydrogen-bond donors (Lipinski definition) is 0. The minimum atomic E-state index is -2.52. The van der Waals surface area contributed by atoms with E-state index in [9.17, 15) is 0 Å². The van der Waals surface area contributed by atoms with Crippen LogP contribution in [-0.4, -0.2) is 0 Å². The Hall–Kier alpha value is -1.14. The molecule has 0 nitrogen and oxygen atoms in total. The van der Waals surface area contributed by atoms with E-state index in [1.165, 1.54) is 50.1 Å². The quantitative estimate of drug-likeness (QED) is 0.291. The van der Waals surface area contributed by atoms with Crippen LogP contribution < -0.4 is 0 Å². The fourth-order valence-corrected chi connectivity index (χ4v) is 10.4. The summed E-state index contributed by atoms with van der Waals surface area (Å²) >= 11 is -2.52. The molecule has 1 aliphatic carbocycles. The van der Waals surface area contributed by atoms with Gasteiger partial charge in [-0.25, -0.2) is 0 Å². The molecule has 0 N–H and O–H groups in total. The van der Waals surface area contributed by atoms with Gasteiger partial charge in [-0.1, -0.05) is 0 Å². The number of rotatable bonds is 6. The van der Waals surface area contributed by atoms with Crippen LogP contribution in [0.25, 0.3) is 28.3 Å². The first-order valence-electron chi connectivity index (χ1n) is 11.6. The Morgan fingerprint density at radius 2 is 1.44 bits per heavy atom. The van der Waals surface area contributed by atoms with Gasteiger partial charge in [0, 0.05) is 0 Å². The first-order valence-corrected chi connectivity index (χ1v) is 19.3. The predicted molar refractivity (Wildman–Crippen MR) is 138 cm³/mol. The van der Waals surface area contributed by atoms with Crippen LogP contribution in [0.2, 0.25) is 0 Å². The Balaban J connectivity index is 2.06. The Bertz CT molecular complexity index is 1120. The molecular formula is C29H31Cl2Zr. The van der Waals surface area contributed by atoms with E-state index in [-0.39, 0.29) is 3.63 Å². The maximum absolute atomic E-state index is 6.70. The second kappa shape index (κ2) is 10.0. The summed E-state index contributed by atoms with van der Waals surface area (Å²) in [7, 11) is 13.4. The van der Waals surface area contributed by atoms with E-state index in [2.05, 4.69) is 101 Å². The molecule has 0 amide bonds. The zero-order valence-corrected chi connectivity index (χ0v) is 23.5. The van der Waals surface area contributed by atoms with Crippen LogP contribution in [0.3, 0.4) is 0 Å². The summed E-state index contributed by atoms with van der Waals surface area (Å²) in [5.41, 5.74) is 12.0. The second-order valence-electron chi connectivity index (χ2n) is 9.35. The van der Waals surface area contributed by atoms with E-state index in [4.69, 9.17) is 17.0 Å². The fraction of sp³-hybridized carbons (Fsp3) is 0.310. The van der Waals surface area contributed by atoms with Crippen molar-refractivity contribution >= 4 is 23.1 Å². The summed E-state index contributed by atoms with van der Waals surface area (Å²) in [6.07, 6.45) is 3.39. The van der Waals surface area contributed by atoms with Crippen LogP contribution in [0.5, 0.6) is 0 Å². The zero-order chi connectivity index (χ0) is 23.0. The summed E-state index contributed by atoms with van der Waals surface area (Å²) in [6.45, 7) is 11.3. The third-order valence-corrected chi connectivity index (χ3v) is 11.9. The monoisotopic (exact) mass is 539 g/mol. The average Bonchev–Trinajstić information content (AvgIpc) is 3.17. The molecule has 3 aromatic carbocycles. The fourth-order valence-electron chi connectivity index (χ4n) is 4.73. The van der Waals surface area contributed by atoms with Crippen LogP contribution in [0.4, 0.5) is 0 Å². The third kappa shape index (κ3) is 4.59. The van der Waals surface area contributed by atoms with Crippen molar-refractivity contribution in [3.05, 3.63) is 88.5 Å². The molecule has 0 aliphatic heterocycles. The van der Waals surface area contributed by atoms with Crippen LogP contribution in [0.15, 0.2) is 66.2 Å². The predicted octanol–water partition coefficient (Wildman–Crippen LogP) is 10.0. The van der Waals surface area contributed by atoms with Gasteiger partial charge in [0.25, 0.3) is 0 Å². The molecule has 0 spiro atoms. The van der Waals surface area contributed by atoms with Gasteiger partial charge < -0.3 is 0 Å². The standard InChI is InChI=1S/C29H31.2ClH.Zr/c1-6-21-14-23-12-13-27(22-10-8-7-9-11-22)29(28(23)15-21)26-17-24(19(2)3)16-25(18-26)20(4)5;;;/h7-20H,6H2,1-5H3;2*1H;/q;;;+2/p-2. The van der Waals surface area contributed by atoms with Crippen molar-refractivity contribution in [2.24, 2.45) is 0 Å². The molecule has 0 bridgehead atoms. The van der Waals surface area contributed by atoms with Crippen LogP contribution in [-0.2, 0) is 19.4 Å². The molecule has 4 rings (SSSR count). The number of fused-ring (bicyclic) bond motifs is 1. The van der Waals surface area contributed by atoms with E-state index in [1.54, 1.807) is 0 Å². The van der Waals surface area contributed by atoms with Gasteiger partial charge in [-0.15, -0.1) is 0 Å². The maximum atomic E-state index is 6.70. The molecule has 0 aromatic heterocycles. The molecule has 3 aromatic rings. The molecule has 0 fully saturated rings. The number of benzene rings is 3. The van der Waals surface area contributed by atoms with Gasteiger partial charge >= 0.3 is 210 Å². The zero-order valence-electron chi connectivity index (χ0n) is 19.5. The first kappa shape index (κ1) is 24.0. The number of hydrogen-bond acceptors (Lipinski definition) is 0. The molecule has 3 heteroatoms. The van der Waals surface area contributed by atoms with Crippen molar-refractivity contribution < 1.29 is 19.4 Å². The summed E-state index contributed by atoms with van der Waals surface area (Å²) < 4.78 is 0.252. The average molecular weight is 542 g/mol. The molecule has 0 radical (unpaired) electrons. The van der Waals surface area contributed by atoms with Crippen molar-refractivity contribution in [2.75, 3.05) is 0 Å². The first-order chi connectivity index (χ1) is 15.3. The molecule has 1 atom stereocenters. The molecule has 0 saturated heterocycles. The summed E-state index contributed by atoms with van der Waals surface area (Å²) in [5.74, 6) is 0.953. The number of halogens is 2. The summed E-state index contributed by atoms with van der Waals surface area (Å²) in [5, 5.41) is 0. The number of allylic oxidation sites excluding steroid dienone is 1. The Morgan fingerprint density at radius 3 is 1.97 bits per heavy atom. The van der Waals surface area contributed by atoms with E-state index in [1.807, 2.05) is 0 Å². The van der Waals surface area contributed by atoms with Gasteiger partial charge in [-0.05, 0) is 0 Å². The Labute approximate surface area is 208 Å². The Kier molecular flexibility index (Phi) is 7.51.